The van der Waals surface area contributed by atoms with Crippen LogP contribution in [0, 0.1) is 0 Å². The van der Waals surface area contributed by atoms with Gasteiger partial charge in [-0.1, -0.05) is 19.1 Å². The lowest BCUT2D eigenvalue weighted by atomic mass is 10.0. The highest BCUT2D eigenvalue weighted by Gasteiger charge is 2.15. The van der Waals surface area contributed by atoms with E-state index in [2.05, 4.69) is 40.6 Å². The van der Waals surface area contributed by atoms with Gasteiger partial charge < -0.3 is 10.1 Å². The molecular formula is C16H19N3O. The molecule has 0 saturated carbocycles. The monoisotopic (exact) mass is 269 g/mol. The Kier molecular flexibility index (Phi) is 3.92. The molecule has 4 nitrogen and oxygen atoms in total. The molecule has 0 saturated heterocycles. The summed E-state index contributed by atoms with van der Waals surface area (Å²) in [5.41, 5.74) is 3.61. The molecule has 0 radical (unpaired) electrons. The molecule has 0 fully saturated rings. The van der Waals surface area contributed by atoms with Crippen LogP contribution in [0.5, 0.6) is 5.75 Å². The van der Waals surface area contributed by atoms with E-state index >= 15 is 0 Å². The predicted octanol–water partition coefficient (Wildman–Crippen LogP) is 2.65. The van der Waals surface area contributed by atoms with E-state index in [0.717, 1.165) is 37.4 Å². The van der Waals surface area contributed by atoms with Crippen molar-refractivity contribution in [3.8, 4) is 5.75 Å². The second kappa shape index (κ2) is 6.01. The molecule has 20 heavy (non-hydrogen) atoms. The van der Waals surface area contributed by atoms with Gasteiger partial charge in [0, 0.05) is 25.2 Å². The molecule has 1 aromatic carbocycles. The minimum atomic E-state index is 0.336. The number of fused-ring (bicyclic) bond motifs is 1. The SMILES string of the molecule is CCC(NCc1cccnn1)c1ccc2c(c1)CCO2. The Bertz CT molecular complexity index is 571. The van der Waals surface area contributed by atoms with Crippen LogP contribution in [0.2, 0.25) is 0 Å². The lowest BCUT2D eigenvalue weighted by Gasteiger charge is -2.18. The molecule has 1 N–H and O–H groups in total. The van der Waals surface area contributed by atoms with Gasteiger partial charge in [0.1, 0.15) is 5.75 Å². The number of ether oxygens (including phenoxy) is 1. The van der Waals surface area contributed by atoms with E-state index in [9.17, 15) is 0 Å². The summed E-state index contributed by atoms with van der Waals surface area (Å²) in [5, 5.41) is 11.6. The zero-order valence-corrected chi connectivity index (χ0v) is 11.7. The average molecular weight is 269 g/mol. The van der Waals surface area contributed by atoms with Gasteiger partial charge >= 0.3 is 0 Å². The maximum atomic E-state index is 5.56. The van der Waals surface area contributed by atoms with Crippen LogP contribution in [0.1, 0.15) is 36.2 Å². The molecule has 1 aliphatic heterocycles. The van der Waals surface area contributed by atoms with Crippen LogP contribution in [0.25, 0.3) is 0 Å². The van der Waals surface area contributed by atoms with Crippen molar-refractivity contribution in [1.82, 2.24) is 15.5 Å². The number of aromatic nitrogens is 2. The zero-order chi connectivity index (χ0) is 13.8. The van der Waals surface area contributed by atoms with E-state index in [4.69, 9.17) is 4.74 Å². The molecule has 4 heteroatoms. The molecular weight excluding hydrogens is 250 g/mol. The van der Waals surface area contributed by atoms with Gasteiger partial charge in [0.05, 0.1) is 12.3 Å². The fourth-order valence-electron chi connectivity index (χ4n) is 2.58. The second-order valence-electron chi connectivity index (χ2n) is 5.02. The summed E-state index contributed by atoms with van der Waals surface area (Å²) in [6, 6.07) is 10.7. The smallest absolute Gasteiger partial charge is 0.122 e. The summed E-state index contributed by atoms with van der Waals surface area (Å²) < 4.78 is 5.56. The van der Waals surface area contributed by atoms with Gasteiger partial charge in [-0.15, -0.1) is 0 Å². The fourth-order valence-corrected chi connectivity index (χ4v) is 2.58. The van der Waals surface area contributed by atoms with Crippen molar-refractivity contribution >= 4 is 0 Å². The van der Waals surface area contributed by atoms with Gasteiger partial charge in [0.2, 0.25) is 0 Å². The minimum absolute atomic E-state index is 0.336. The van der Waals surface area contributed by atoms with Gasteiger partial charge in [0.15, 0.2) is 0 Å². The van der Waals surface area contributed by atoms with Crippen molar-refractivity contribution in [3.05, 3.63) is 53.3 Å². The van der Waals surface area contributed by atoms with E-state index in [1.165, 1.54) is 11.1 Å². The Labute approximate surface area is 119 Å². The van der Waals surface area contributed by atoms with Gasteiger partial charge in [-0.05, 0) is 35.7 Å². The summed E-state index contributed by atoms with van der Waals surface area (Å²) in [6.45, 7) is 3.74. The molecule has 2 heterocycles. The number of hydrogen-bond donors (Lipinski definition) is 1. The third kappa shape index (κ3) is 2.80. The first kappa shape index (κ1) is 13.1. The first-order valence-electron chi connectivity index (χ1n) is 7.12. The van der Waals surface area contributed by atoms with Crippen molar-refractivity contribution < 1.29 is 4.74 Å². The number of nitrogens with one attached hydrogen (secondary N) is 1. The Hall–Kier alpha value is -1.94. The van der Waals surface area contributed by atoms with E-state index in [0.29, 0.717) is 6.04 Å². The van der Waals surface area contributed by atoms with Gasteiger partial charge in [-0.2, -0.15) is 10.2 Å². The van der Waals surface area contributed by atoms with Gasteiger partial charge in [-0.25, -0.2) is 0 Å². The third-order valence-corrected chi connectivity index (χ3v) is 3.68. The summed E-state index contributed by atoms with van der Waals surface area (Å²) in [6.07, 6.45) is 3.75. The highest BCUT2D eigenvalue weighted by Crippen LogP contribution is 2.29. The Balaban J connectivity index is 1.70. The largest absolute Gasteiger partial charge is 0.493 e. The van der Waals surface area contributed by atoms with E-state index in [1.807, 2.05) is 12.1 Å². The van der Waals surface area contributed by atoms with Gasteiger partial charge in [0.25, 0.3) is 0 Å². The van der Waals surface area contributed by atoms with Crippen molar-refractivity contribution in [3.63, 3.8) is 0 Å². The van der Waals surface area contributed by atoms with Crippen LogP contribution < -0.4 is 10.1 Å². The van der Waals surface area contributed by atoms with Crippen LogP contribution >= 0.6 is 0 Å². The van der Waals surface area contributed by atoms with Crippen molar-refractivity contribution in [1.29, 1.82) is 0 Å². The second-order valence-corrected chi connectivity index (χ2v) is 5.02. The van der Waals surface area contributed by atoms with Crippen LogP contribution in [0.4, 0.5) is 0 Å². The summed E-state index contributed by atoms with van der Waals surface area (Å²) in [4.78, 5) is 0. The first-order valence-corrected chi connectivity index (χ1v) is 7.12. The summed E-state index contributed by atoms with van der Waals surface area (Å²) in [5.74, 6) is 1.04. The summed E-state index contributed by atoms with van der Waals surface area (Å²) >= 11 is 0. The molecule has 0 spiro atoms. The molecule has 3 rings (SSSR count). The Morgan fingerprint density at radius 3 is 3.10 bits per heavy atom. The fraction of sp³-hybridized carbons (Fsp3) is 0.375. The molecule has 0 aliphatic carbocycles. The molecule has 2 aromatic rings. The quantitative estimate of drug-likeness (QED) is 0.906. The normalized spacial score (nSPS) is 14.7. The highest BCUT2D eigenvalue weighted by atomic mass is 16.5. The standard InChI is InChI=1S/C16H19N3O/c1-2-15(17-11-14-4-3-8-18-19-14)12-5-6-16-13(10-12)7-9-20-16/h3-6,8,10,15,17H,2,7,9,11H2,1H3. The molecule has 0 amide bonds. The van der Waals surface area contributed by atoms with Crippen LogP contribution in [0.15, 0.2) is 36.5 Å². The highest BCUT2D eigenvalue weighted by molar-refractivity contribution is 5.40. The zero-order valence-electron chi connectivity index (χ0n) is 11.7. The number of benzene rings is 1. The first-order chi connectivity index (χ1) is 9.86. The van der Waals surface area contributed by atoms with Crippen LogP contribution in [-0.2, 0) is 13.0 Å². The Morgan fingerprint density at radius 2 is 2.30 bits per heavy atom. The van der Waals surface area contributed by atoms with Crippen LogP contribution in [-0.4, -0.2) is 16.8 Å². The van der Waals surface area contributed by atoms with Crippen LogP contribution in [0.3, 0.4) is 0 Å². The topological polar surface area (TPSA) is 47.0 Å². The molecule has 104 valence electrons. The van der Waals surface area contributed by atoms with Crippen molar-refractivity contribution in [2.24, 2.45) is 0 Å². The lowest BCUT2D eigenvalue weighted by molar-refractivity contribution is 0.356. The third-order valence-electron chi connectivity index (χ3n) is 3.68. The maximum Gasteiger partial charge on any atom is 0.122 e. The average Bonchev–Trinajstić information content (AvgIpc) is 2.96. The molecule has 1 atom stereocenters. The van der Waals surface area contributed by atoms with E-state index < -0.39 is 0 Å². The molecule has 0 bridgehead atoms. The van der Waals surface area contributed by atoms with Gasteiger partial charge in [-0.3, -0.25) is 0 Å². The lowest BCUT2D eigenvalue weighted by Crippen LogP contribution is -2.21. The molecule has 1 aromatic heterocycles. The van der Waals surface area contributed by atoms with E-state index in [1.54, 1.807) is 6.20 Å². The molecule has 1 unspecified atom stereocenters. The van der Waals surface area contributed by atoms with Crippen molar-refractivity contribution in [2.45, 2.75) is 32.4 Å². The number of nitrogens with zero attached hydrogens (tertiary/aromatic N) is 2. The van der Waals surface area contributed by atoms with Crippen molar-refractivity contribution in [2.75, 3.05) is 6.61 Å². The minimum Gasteiger partial charge on any atom is -0.493 e. The summed E-state index contributed by atoms with van der Waals surface area (Å²) in [7, 11) is 0. The van der Waals surface area contributed by atoms with E-state index in [-0.39, 0.29) is 0 Å². The number of rotatable bonds is 5. The predicted molar refractivity (Wildman–Crippen MR) is 77.5 cm³/mol. The maximum absolute atomic E-state index is 5.56. The molecule has 1 aliphatic rings. The number of hydrogen-bond acceptors (Lipinski definition) is 4. The Morgan fingerprint density at radius 1 is 1.35 bits per heavy atom.